The maximum absolute atomic E-state index is 14.4. The minimum atomic E-state index is -0.293. The molecule has 1 aromatic rings. The van der Waals surface area contributed by atoms with Gasteiger partial charge in [0, 0.05) is 5.56 Å². The summed E-state index contributed by atoms with van der Waals surface area (Å²) >= 11 is 0. The molecule has 0 heterocycles. The van der Waals surface area contributed by atoms with E-state index in [0.717, 1.165) is 18.3 Å². The van der Waals surface area contributed by atoms with Gasteiger partial charge >= 0.3 is 0 Å². The fraction of sp³-hybridized carbons (Fsp3) is 0.600. The summed E-state index contributed by atoms with van der Waals surface area (Å²) in [5.74, 6) is 2.16. The predicted octanol–water partition coefficient (Wildman–Crippen LogP) is 5.44. The van der Waals surface area contributed by atoms with E-state index in [0.29, 0.717) is 30.3 Å². The van der Waals surface area contributed by atoms with Crippen molar-refractivity contribution in [1.29, 1.82) is 0 Å². The average molecular weight is 318 g/mol. The topological polar surface area (TPSA) is 18.5 Å². The van der Waals surface area contributed by atoms with Crippen molar-refractivity contribution < 1.29 is 13.9 Å². The Labute approximate surface area is 138 Å². The van der Waals surface area contributed by atoms with Crippen LogP contribution in [0.5, 0.6) is 11.5 Å². The number of ether oxygens (including phenoxy) is 2. The summed E-state index contributed by atoms with van der Waals surface area (Å²) in [6.07, 6.45) is 13.1. The van der Waals surface area contributed by atoms with Gasteiger partial charge in [0.25, 0.3) is 0 Å². The Bertz CT molecular complexity index is 545. The third-order valence-corrected chi connectivity index (χ3v) is 5.20. The molecule has 0 aliphatic heterocycles. The first kappa shape index (κ1) is 16.4. The summed E-state index contributed by atoms with van der Waals surface area (Å²) in [5.41, 5.74) is 0.531. The van der Waals surface area contributed by atoms with Gasteiger partial charge in [-0.2, -0.15) is 0 Å². The molecular formula is C20H27FO2. The molecule has 0 aromatic heterocycles. The molecule has 2 fully saturated rings. The summed E-state index contributed by atoms with van der Waals surface area (Å²) in [6, 6.07) is 3.50. The second-order valence-corrected chi connectivity index (χ2v) is 6.87. The first-order valence-electron chi connectivity index (χ1n) is 8.95. The van der Waals surface area contributed by atoms with Crippen LogP contribution in [-0.4, -0.2) is 13.2 Å². The van der Waals surface area contributed by atoms with Crippen molar-refractivity contribution >= 4 is 0 Å². The summed E-state index contributed by atoms with van der Waals surface area (Å²) in [7, 11) is 0. The maximum Gasteiger partial charge on any atom is 0.171 e. The number of rotatable bonds is 8. The number of halogens is 1. The van der Waals surface area contributed by atoms with Gasteiger partial charge in [-0.15, -0.1) is 0 Å². The van der Waals surface area contributed by atoms with Crippen LogP contribution in [0.15, 0.2) is 24.3 Å². The molecule has 3 rings (SSSR count). The molecule has 0 spiro atoms. The van der Waals surface area contributed by atoms with E-state index in [1.54, 1.807) is 13.0 Å². The SMILES string of the molecule is Cc1c(OC/C=C/C2CCC2)ccc(OCCC2CCC2)c1F. The number of benzene rings is 1. The van der Waals surface area contributed by atoms with Gasteiger partial charge in [-0.25, -0.2) is 4.39 Å². The molecule has 0 N–H and O–H groups in total. The minimum absolute atomic E-state index is 0.293. The van der Waals surface area contributed by atoms with Gasteiger partial charge in [0.2, 0.25) is 0 Å². The maximum atomic E-state index is 14.4. The van der Waals surface area contributed by atoms with Crippen LogP contribution in [0.2, 0.25) is 0 Å². The summed E-state index contributed by atoms with van der Waals surface area (Å²) in [5, 5.41) is 0. The zero-order valence-corrected chi connectivity index (χ0v) is 14.0. The van der Waals surface area contributed by atoms with Gasteiger partial charge in [-0.1, -0.05) is 37.8 Å². The van der Waals surface area contributed by atoms with Gasteiger partial charge in [0.1, 0.15) is 12.4 Å². The van der Waals surface area contributed by atoms with Crippen molar-refractivity contribution in [3.05, 3.63) is 35.7 Å². The second kappa shape index (κ2) is 7.85. The Morgan fingerprint density at radius 2 is 1.83 bits per heavy atom. The Morgan fingerprint density at radius 1 is 1.09 bits per heavy atom. The molecule has 0 saturated heterocycles. The van der Waals surface area contributed by atoms with Crippen molar-refractivity contribution in [3.63, 3.8) is 0 Å². The van der Waals surface area contributed by atoms with E-state index in [-0.39, 0.29) is 5.82 Å². The van der Waals surface area contributed by atoms with E-state index in [9.17, 15) is 4.39 Å². The standard InChI is InChI=1S/C20H27FO2/c1-15-18(22-13-4-9-16-5-2-6-16)10-11-19(20(15)21)23-14-12-17-7-3-8-17/h4,9-11,16-17H,2-3,5-8,12-14H2,1H3/b9-4+. The van der Waals surface area contributed by atoms with Crippen molar-refractivity contribution in [2.45, 2.75) is 51.9 Å². The monoisotopic (exact) mass is 318 g/mol. The van der Waals surface area contributed by atoms with Gasteiger partial charge in [0.15, 0.2) is 11.6 Å². The number of hydrogen-bond donors (Lipinski definition) is 0. The lowest BCUT2D eigenvalue weighted by Gasteiger charge is -2.25. The van der Waals surface area contributed by atoms with Crippen LogP contribution in [0.25, 0.3) is 0 Å². The highest BCUT2D eigenvalue weighted by atomic mass is 19.1. The van der Waals surface area contributed by atoms with E-state index in [2.05, 4.69) is 6.08 Å². The molecule has 2 aliphatic carbocycles. The second-order valence-electron chi connectivity index (χ2n) is 6.87. The van der Waals surface area contributed by atoms with Gasteiger partial charge in [0.05, 0.1) is 6.61 Å². The molecular weight excluding hydrogens is 291 g/mol. The number of hydrogen-bond acceptors (Lipinski definition) is 2. The van der Waals surface area contributed by atoms with Crippen LogP contribution in [0.3, 0.4) is 0 Å². The molecule has 0 atom stereocenters. The predicted molar refractivity (Wildman–Crippen MR) is 90.6 cm³/mol. The Hall–Kier alpha value is -1.51. The summed E-state index contributed by atoms with van der Waals surface area (Å²) in [4.78, 5) is 0. The smallest absolute Gasteiger partial charge is 0.171 e. The molecule has 0 amide bonds. The van der Waals surface area contributed by atoms with Crippen molar-refractivity contribution in [1.82, 2.24) is 0 Å². The molecule has 23 heavy (non-hydrogen) atoms. The molecule has 2 saturated carbocycles. The lowest BCUT2D eigenvalue weighted by molar-refractivity contribution is 0.216. The third-order valence-electron chi connectivity index (χ3n) is 5.20. The van der Waals surface area contributed by atoms with Crippen molar-refractivity contribution in [2.24, 2.45) is 11.8 Å². The van der Waals surface area contributed by atoms with E-state index in [4.69, 9.17) is 9.47 Å². The molecule has 2 aliphatic rings. The van der Waals surface area contributed by atoms with E-state index < -0.39 is 0 Å². The third kappa shape index (κ3) is 4.27. The van der Waals surface area contributed by atoms with Gasteiger partial charge < -0.3 is 9.47 Å². The van der Waals surface area contributed by atoms with E-state index >= 15 is 0 Å². The highest BCUT2D eigenvalue weighted by Crippen LogP contribution is 2.31. The lowest BCUT2D eigenvalue weighted by atomic mass is 9.83. The van der Waals surface area contributed by atoms with E-state index in [1.807, 2.05) is 12.1 Å². The van der Waals surface area contributed by atoms with Crippen LogP contribution in [0.1, 0.15) is 50.5 Å². The largest absolute Gasteiger partial charge is 0.490 e. The summed E-state index contributed by atoms with van der Waals surface area (Å²) < 4.78 is 25.7. The molecule has 126 valence electrons. The van der Waals surface area contributed by atoms with Gasteiger partial charge in [-0.05, 0) is 50.2 Å². The zero-order chi connectivity index (χ0) is 16.1. The zero-order valence-electron chi connectivity index (χ0n) is 14.0. The van der Waals surface area contributed by atoms with Crippen LogP contribution in [0.4, 0.5) is 4.39 Å². The van der Waals surface area contributed by atoms with Crippen molar-refractivity contribution in [2.75, 3.05) is 13.2 Å². The fourth-order valence-electron chi connectivity index (χ4n) is 3.05. The van der Waals surface area contributed by atoms with Crippen molar-refractivity contribution in [3.8, 4) is 11.5 Å². The molecule has 1 aromatic carbocycles. The molecule has 0 bridgehead atoms. The normalized spacial score (nSPS) is 18.7. The molecule has 0 radical (unpaired) electrons. The van der Waals surface area contributed by atoms with E-state index in [1.165, 1.54) is 38.5 Å². The average Bonchev–Trinajstić information content (AvgIpc) is 2.45. The Balaban J connectivity index is 1.48. The van der Waals surface area contributed by atoms with Crippen LogP contribution >= 0.6 is 0 Å². The fourth-order valence-corrected chi connectivity index (χ4v) is 3.05. The van der Waals surface area contributed by atoms with Crippen LogP contribution in [-0.2, 0) is 0 Å². The lowest BCUT2D eigenvalue weighted by Crippen LogP contribution is -2.14. The Morgan fingerprint density at radius 3 is 2.48 bits per heavy atom. The Kier molecular flexibility index (Phi) is 5.58. The number of allylic oxidation sites excluding steroid dienone is 1. The first-order chi connectivity index (χ1) is 11.2. The molecule has 3 heteroatoms. The van der Waals surface area contributed by atoms with Gasteiger partial charge in [-0.3, -0.25) is 0 Å². The highest BCUT2D eigenvalue weighted by Gasteiger charge is 2.18. The quantitative estimate of drug-likeness (QED) is 0.594. The molecule has 0 unspecified atom stereocenters. The van der Waals surface area contributed by atoms with Crippen LogP contribution < -0.4 is 9.47 Å². The van der Waals surface area contributed by atoms with Crippen LogP contribution in [0, 0.1) is 24.6 Å². The summed E-state index contributed by atoms with van der Waals surface area (Å²) in [6.45, 7) is 2.85. The minimum Gasteiger partial charge on any atom is -0.490 e. The first-order valence-corrected chi connectivity index (χ1v) is 8.95. The molecule has 2 nitrogen and oxygen atoms in total. The highest BCUT2D eigenvalue weighted by molar-refractivity contribution is 5.41.